The Labute approximate surface area is 164 Å². The second kappa shape index (κ2) is 6.83. The maximum absolute atomic E-state index is 12.9. The SMILES string of the molecule is CN1C(=O)/C(=C2/SC(=O)N(CN3CCCCC3)C2=O)c2cc(Br)ccc21. The highest BCUT2D eigenvalue weighted by molar-refractivity contribution is 9.10. The van der Waals surface area contributed by atoms with E-state index in [1.54, 1.807) is 7.05 Å². The summed E-state index contributed by atoms with van der Waals surface area (Å²) in [6.07, 6.45) is 3.36. The summed E-state index contributed by atoms with van der Waals surface area (Å²) in [4.78, 5) is 43.3. The van der Waals surface area contributed by atoms with E-state index in [4.69, 9.17) is 0 Å². The molecular weight excluding hydrogens is 418 g/mol. The first-order valence-corrected chi connectivity index (χ1v) is 10.2. The molecule has 26 heavy (non-hydrogen) atoms. The minimum Gasteiger partial charge on any atom is -0.311 e. The van der Waals surface area contributed by atoms with E-state index in [-0.39, 0.29) is 22.0 Å². The number of hydrogen-bond donors (Lipinski definition) is 0. The van der Waals surface area contributed by atoms with Crippen LogP contribution < -0.4 is 4.90 Å². The summed E-state index contributed by atoms with van der Waals surface area (Å²) in [7, 11) is 1.68. The van der Waals surface area contributed by atoms with E-state index in [1.807, 2.05) is 18.2 Å². The topological polar surface area (TPSA) is 60.9 Å². The largest absolute Gasteiger partial charge is 0.311 e. The number of nitrogens with zero attached hydrogens (tertiary/aromatic N) is 3. The molecule has 3 aliphatic rings. The third kappa shape index (κ3) is 2.90. The first-order valence-electron chi connectivity index (χ1n) is 8.55. The lowest BCUT2D eigenvalue weighted by Crippen LogP contribution is -2.42. The predicted octanol–water partition coefficient (Wildman–Crippen LogP) is 3.28. The van der Waals surface area contributed by atoms with Crippen LogP contribution in [-0.2, 0) is 9.59 Å². The molecule has 1 aromatic carbocycles. The van der Waals surface area contributed by atoms with E-state index >= 15 is 0 Å². The fourth-order valence-electron chi connectivity index (χ4n) is 3.59. The molecule has 0 bridgehead atoms. The highest BCUT2D eigenvalue weighted by Gasteiger charge is 2.43. The maximum atomic E-state index is 12.9. The lowest BCUT2D eigenvalue weighted by molar-refractivity contribution is -0.124. The normalized spacial score (nSPS) is 24.0. The summed E-state index contributed by atoms with van der Waals surface area (Å²) in [5, 5.41) is -0.304. The van der Waals surface area contributed by atoms with Crippen LogP contribution in [0.15, 0.2) is 27.6 Å². The Bertz CT molecular complexity index is 848. The van der Waals surface area contributed by atoms with Crippen LogP contribution >= 0.6 is 27.7 Å². The van der Waals surface area contributed by atoms with Crippen LogP contribution in [0.4, 0.5) is 10.5 Å². The molecule has 0 radical (unpaired) electrons. The number of hydrogen-bond acceptors (Lipinski definition) is 5. The van der Waals surface area contributed by atoms with Crippen molar-refractivity contribution in [3.8, 4) is 0 Å². The Hall–Kier alpha value is -1.64. The van der Waals surface area contributed by atoms with Crippen LogP contribution in [0.2, 0.25) is 0 Å². The molecule has 1 aromatic rings. The first-order chi connectivity index (χ1) is 12.5. The van der Waals surface area contributed by atoms with Gasteiger partial charge in [-0.1, -0.05) is 22.4 Å². The van der Waals surface area contributed by atoms with E-state index < -0.39 is 0 Å². The van der Waals surface area contributed by atoms with Crippen LogP contribution in [0.5, 0.6) is 0 Å². The second-order valence-electron chi connectivity index (χ2n) is 6.65. The van der Waals surface area contributed by atoms with E-state index in [0.29, 0.717) is 17.8 Å². The number of likely N-dealkylation sites (tertiary alicyclic amines) is 1. The van der Waals surface area contributed by atoms with Gasteiger partial charge in [-0.2, -0.15) is 0 Å². The minimum atomic E-state index is -0.366. The van der Waals surface area contributed by atoms with Crippen molar-refractivity contribution in [2.75, 3.05) is 31.7 Å². The molecule has 8 heteroatoms. The Morgan fingerprint density at radius 2 is 1.81 bits per heavy atom. The molecule has 0 N–H and O–H groups in total. The van der Waals surface area contributed by atoms with Crippen LogP contribution in [-0.4, -0.2) is 53.7 Å². The Morgan fingerprint density at radius 3 is 2.54 bits per heavy atom. The van der Waals surface area contributed by atoms with E-state index in [1.165, 1.54) is 16.2 Å². The van der Waals surface area contributed by atoms with Gasteiger partial charge in [0.25, 0.3) is 17.1 Å². The predicted molar refractivity (Wildman–Crippen MR) is 105 cm³/mol. The molecule has 3 aliphatic heterocycles. The van der Waals surface area contributed by atoms with Crippen molar-refractivity contribution in [3.05, 3.63) is 33.1 Å². The zero-order valence-corrected chi connectivity index (χ0v) is 16.7. The van der Waals surface area contributed by atoms with Gasteiger partial charge in [0, 0.05) is 17.1 Å². The fourth-order valence-corrected chi connectivity index (χ4v) is 4.87. The molecule has 6 nitrogen and oxygen atoms in total. The van der Waals surface area contributed by atoms with Gasteiger partial charge in [-0.3, -0.25) is 24.2 Å². The van der Waals surface area contributed by atoms with Gasteiger partial charge in [-0.05, 0) is 55.9 Å². The average molecular weight is 436 g/mol. The third-order valence-corrected chi connectivity index (χ3v) is 6.45. The number of rotatable bonds is 2. The van der Waals surface area contributed by atoms with Crippen molar-refractivity contribution in [2.45, 2.75) is 19.3 Å². The zero-order valence-electron chi connectivity index (χ0n) is 14.3. The van der Waals surface area contributed by atoms with Crippen molar-refractivity contribution in [2.24, 2.45) is 0 Å². The standard InChI is InChI=1S/C18H18BrN3O3S/c1-20-13-6-5-11(19)9-12(13)14(16(20)23)15-17(24)22(18(25)26-15)10-21-7-3-2-4-8-21/h5-6,9H,2-4,7-8,10H2,1H3/b15-14+. The molecule has 136 valence electrons. The highest BCUT2D eigenvalue weighted by Crippen LogP contribution is 2.44. The summed E-state index contributed by atoms with van der Waals surface area (Å²) in [6.45, 7) is 2.09. The number of likely N-dealkylation sites (N-methyl/N-ethyl adjacent to an activating group) is 1. The van der Waals surface area contributed by atoms with Crippen LogP contribution in [0.25, 0.3) is 5.57 Å². The average Bonchev–Trinajstić information content (AvgIpc) is 3.03. The van der Waals surface area contributed by atoms with Crippen molar-refractivity contribution >= 4 is 56.0 Å². The fraction of sp³-hybridized carbons (Fsp3) is 0.389. The molecule has 0 saturated carbocycles. The minimum absolute atomic E-state index is 0.237. The van der Waals surface area contributed by atoms with Crippen molar-refractivity contribution in [1.82, 2.24) is 9.80 Å². The van der Waals surface area contributed by atoms with Crippen molar-refractivity contribution in [1.29, 1.82) is 0 Å². The molecule has 0 unspecified atom stereocenters. The van der Waals surface area contributed by atoms with E-state index in [9.17, 15) is 14.4 Å². The number of carbonyl (C=O) groups is 3. The molecule has 2 fully saturated rings. The van der Waals surface area contributed by atoms with E-state index in [0.717, 1.165) is 47.9 Å². The maximum Gasteiger partial charge on any atom is 0.294 e. The number of imide groups is 1. The van der Waals surface area contributed by atoms with Crippen LogP contribution in [0.1, 0.15) is 24.8 Å². The van der Waals surface area contributed by atoms with Gasteiger partial charge >= 0.3 is 0 Å². The number of anilines is 1. The molecule has 4 rings (SSSR count). The Kier molecular flexibility index (Phi) is 4.66. The summed E-state index contributed by atoms with van der Waals surface area (Å²) < 4.78 is 0.824. The third-order valence-electron chi connectivity index (χ3n) is 4.97. The number of carbonyl (C=O) groups excluding carboxylic acids is 3. The number of halogens is 1. The summed E-state index contributed by atoms with van der Waals surface area (Å²) >= 11 is 4.29. The first kappa shape index (κ1) is 17.8. The zero-order chi connectivity index (χ0) is 18.4. The van der Waals surface area contributed by atoms with Gasteiger partial charge in [-0.25, -0.2) is 0 Å². The second-order valence-corrected chi connectivity index (χ2v) is 8.53. The molecule has 3 heterocycles. The number of benzene rings is 1. The number of thioether (sulfide) groups is 1. The molecular formula is C18H18BrN3O3S. The van der Waals surface area contributed by atoms with Gasteiger partial charge < -0.3 is 4.90 Å². The van der Waals surface area contributed by atoms with Crippen LogP contribution in [0.3, 0.4) is 0 Å². The van der Waals surface area contributed by atoms with Gasteiger partial charge in [0.1, 0.15) is 0 Å². The lowest BCUT2D eigenvalue weighted by Gasteiger charge is -2.29. The van der Waals surface area contributed by atoms with Crippen molar-refractivity contribution < 1.29 is 14.4 Å². The molecule has 3 amide bonds. The smallest absolute Gasteiger partial charge is 0.294 e. The summed E-state index contributed by atoms with van der Waals surface area (Å²) in [5.41, 5.74) is 1.76. The number of fused-ring (bicyclic) bond motifs is 1. The van der Waals surface area contributed by atoms with Gasteiger partial charge in [0.15, 0.2) is 0 Å². The van der Waals surface area contributed by atoms with Gasteiger partial charge in [0.05, 0.1) is 22.8 Å². The number of amides is 3. The monoisotopic (exact) mass is 435 g/mol. The Balaban J connectivity index is 1.69. The van der Waals surface area contributed by atoms with Crippen LogP contribution in [0, 0.1) is 0 Å². The molecule has 0 spiro atoms. The van der Waals surface area contributed by atoms with E-state index in [2.05, 4.69) is 20.8 Å². The quantitative estimate of drug-likeness (QED) is 0.667. The lowest BCUT2D eigenvalue weighted by atomic mass is 10.1. The highest BCUT2D eigenvalue weighted by atomic mass is 79.9. The summed E-state index contributed by atoms with van der Waals surface area (Å²) in [6, 6.07) is 5.51. The molecule has 0 atom stereocenters. The molecule has 0 aliphatic carbocycles. The molecule has 0 aromatic heterocycles. The molecule has 2 saturated heterocycles. The number of piperidine rings is 1. The van der Waals surface area contributed by atoms with Crippen molar-refractivity contribution in [3.63, 3.8) is 0 Å². The summed E-state index contributed by atoms with van der Waals surface area (Å²) in [5.74, 6) is -0.614. The Morgan fingerprint density at radius 1 is 1.08 bits per heavy atom. The van der Waals surface area contributed by atoms with Gasteiger partial charge in [-0.15, -0.1) is 0 Å². The van der Waals surface area contributed by atoms with Gasteiger partial charge in [0.2, 0.25) is 0 Å².